The van der Waals surface area contributed by atoms with Gasteiger partial charge in [0.2, 0.25) is 11.8 Å². The molecule has 2 bridgehead atoms. The normalized spacial score (nSPS) is 26.6. The Morgan fingerprint density at radius 3 is 2.75 bits per heavy atom. The van der Waals surface area contributed by atoms with Gasteiger partial charge in [-0.05, 0) is 55.2 Å². The van der Waals surface area contributed by atoms with Gasteiger partial charge in [0.05, 0.1) is 14.2 Å². The minimum atomic E-state index is 0.222. The van der Waals surface area contributed by atoms with Gasteiger partial charge in [-0.2, -0.15) is 0 Å². The van der Waals surface area contributed by atoms with Crippen LogP contribution in [0.3, 0.4) is 0 Å². The molecule has 3 heterocycles. The van der Waals surface area contributed by atoms with Crippen LogP contribution in [0.25, 0.3) is 0 Å². The Bertz CT molecular complexity index is 750. The van der Waals surface area contributed by atoms with E-state index in [1.165, 1.54) is 0 Å². The molecular formula is C22H30N2O4. The van der Waals surface area contributed by atoms with Crippen LogP contribution in [-0.4, -0.2) is 61.5 Å². The number of piperidine rings is 3. The Kier molecular flexibility index (Phi) is 5.47. The average molecular weight is 386 g/mol. The summed E-state index contributed by atoms with van der Waals surface area (Å²) in [6.07, 6.45) is 5.14. The maximum absolute atomic E-state index is 12.9. The number of carbonyl (C=O) groups excluding carboxylic acids is 2. The predicted molar refractivity (Wildman–Crippen MR) is 105 cm³/mol. The van der Waals surface area contributed by atoms with E-state index in [0.29, 0.717) is 54.5 Å². The monoisotopic (exact) mass is 386 g/mol. The zero-order chi connectivity index (χ0) is 19.7. The quantitative estimate of drug-likeness (QED) is 0.780. The molecule has 0 spiro atoms. The Balaban J connectivity index is 1.37. The summed E-state index contributed by atoms with van der Waals surface area (Å²) in [7, 11) is 3.24. The maximum atomic E-state index is 12.9. The second-order valence-electron chi connectivity index (χ2n) is 8.36. The summed E-state index contributed by atoms with van der Waals surface area (Å²) in [4.78, 5) is 29.3. The standard InChI is InChI=1S/C22H30N2O4/c1-27-19-8-6-15(11-20(19)28-2)7-9-21(25)23-12-16-10-17(14-23)18-4-3-5-22(26)24(18)13-16/h6,8,11,16-18H,3-5,7,9-10,12-14H2,1-2H3. The Morgan fingerprint density at radius 1 is 1.14 bits per heavy atom. The third-order valence-electron chi connectivity index (χ3n) is 6.61. The molecule has 3 saturated heterocycles. The molecule has 0 radical (unpaired) electrons. The van der Waals surface area contributed by atoms with Gasteiger partial charge in [-0.25, -0.2) is 0 Å². The molecule has 2 amide bonds. The van der Waals surface area contributed by atoms with Crippen LogP contribution in [0, 0.1) is 11.8 Å². The highest BCUT2D eigenvalue weighted by Crippen LogP contribution is 2.38. The molecule has 0 N–H and O–H groups in total. The molecule has 3 atom stereocenters. The molecule has 152 valence electrons. The number of amides is 2. The van der Waals surface area contributed by atoms with Crippen LogP contribution in [0.2, 0.25) is 0 Å². The van der Waals surface area contributed by atoms with Crippen molar-refractivity contribution in [2.75, 3.05) is 33.9 Å². The second-order valence-corrected chi connectivity index (χ2v) is 8.36. The minimum absolute atomic E-state index is 0.222. The summed E-state index contributed by atoms with van der Waals surface area (Å²) in [6, 6.07) is 6.17. The van der Waals surface area contributed by atoms with Crippen molar-refractivity contribution >= 4 is 11.8 Å². The van der Waals surface area contributed by atoms with Crippen LogP contribution in [0.1, 0.15) is 37.7 Å². The number of hydrogen-bond acceptors (Lipinski definition) is 4. The van der Waals surface area contributed by atoms with E-state index in [-0.39, 0.29) is 5.91 Å². The summed E-state index contributed by atoms with van der Waals surface area (Å²) in [5.41, 5.74) is 1.08. The van der Waals surface area contributed by atoms with Crippen molar-refractivity contribution in [3.63, 3.8) is 0 Å². The van der Waals surface area contributed by atoms with Crippen molar-refractivity contribution in [3.8, 4) is 11.5 Å². The number of rotatable bonds is 5. The van der Waals surface area contributed by atoms with Crippen molar-refractivity contribution in [2.24, 2.45) is 11.8 Å². The van der Waals surface area contributed by atoms with Crippen LogP contribution < -0.4 is 9.47 Å². The highest BCUT2D eigenvalue weighted by molar-refractivity contribution is 5.78. The van der Waals surface area contributed by atoms with Crippen LogP contribution in [0.4, 0.5) is 0 Å². The van der Waals surface area contributed by atoms with E-state index in [4.69, 9.17) is 9.47 Å². The van der Waals surface area contributed by atoms with E-state index < -0.39 is 0 Å². The molecule has 1 aromatic carbocycles. The van der Waals surface area contributed by atoms with Crippen LogP contribution in [0.5, 0.6) is 11.5 Å². The lowest BCUT2D eigenvalue weighted by atomic mass is 9.76. The molecule has 0 saturated carbocycles. The number of benzene rings is 1. The molecule has 0 aromatic heterocycles. The van der Waals surface area contributed by atoms with Crippen molar-refractivity contribution in [2.45, 2.75) is 44.6 Å². The number of hydrogen-bond donors (Lipinski definition) is 0. The summed E-state index contributed by atoms with van der Waals surface area (Å²) in [6.45, 7) is 2.42. The maximum Gasteiger partial charge on any atom is 0.222 e. The number of fused-ring (bicyclic) bond motifs is 4. The molecular weight excluding hydrogens is 356 g/mol. The number of aryl methyl sites for hydroxylation is 1. The largest absolute Gasteiger partial charge is 0.493 e. The first kappa shape index (κ1) is 19.1. The third kappa shape index (κ3) is 3.69. The molecule has 3 aliphatic heterocycles. The van der Waals surface area contributed by atoms with Gasteiger partial charge >= 0.3 is 0 Å². The van der Waals surface area contributed by atoms with Crippen molar-refractivity contribution < 1.29 is 19.1 Å². The van der Waals surface area contributed by atoms with Gasteiger partial charge in [-0.1, -0.05) is 6.07 Å². The van der Waals surface area contributed by atoms with Gasteiger partial charge in [-0.3, -0.25) is 9.59 Å². The fourth-order valence-electron chi connectivity index (χ4n) is 5.26. The summed E-state index contributed by atoms with van der Waals surface area (Å²) in [5, 5.41) is 0. The zero-order valence-corrected chi connectivity index (χ0v) is 16.9. The number of likely N-dealkylation sites (tertiary alicyclic amines) is 1. The molecule has 1 aromatic rings. The first-order valence-electron chi connectivity index (χ1n) is 10.4. The Labute approximate surface area is 166 Å². The zero-order valence-electron chi connectivity index (χ0n) is 16.9. The Morgan fingerprint density at radius 2 is 1.96 bits per heavy atom. The van der Waals surface area contributed by atoms with E-state index >= 15 is 0 Å². The molecule has 0 aliphatic carbocycles. The molecule has 3 aliphatic rings. The lowest BCUT2D eigenvalue weighted by Gasteiger charge is -2.52. The van der Waals surface area contributed by atoms with Gasteiger partial charge in [-0.15, -0.1) is 0 Å². The lowest BCUT2D eigenvalue weighted by molar-refractivity contribution is -0.148. The van der Waals surface area contributed by atoms with Crippen LogP contribution in [-0.2, 0) is 16.0 Å². The fourth-order valence-corrected chi connectivity index (χ4v) is 5.26. The predicted octanol–water partition coefficient (Wildman–Crippen LogP) is 2.50. The summed E-state index contributed by atoms with van der Waals surface area (Å²) < 4.78 is 10.6. The van der Waals surface area contributed by atoms with E-state index in [9.17, 15) is 9.59 Å². The third-order valence-corrected chi connectivity index (χ3v) is 6.61. The Hall–Kier alpha value is -2.24. The molecule has 28 heavy (non-hydrogen) atoms. The van der Waals surface area contributed by atoms with Crippen LogP contribution in [0.15, 0.2) is 18.2 Å². The van der Waals surface area contributed by atoms with Crippen molar-refractivity contribution in [1.29, 1.82) is 0 Å². The van der Waals surface area contributed by atoms with E-state index in [1.807, 2.05) is 18.2 Å². The fraction of sp³-hybridized carbons (Fsp3) is 0.636. The number of nitrogens with zero attached hydrogens (tertiary/aromatic N) is 2. The molecule has 3 fully saturated rings. The molecule has 4 rings (SSSR count). The van der Waals surface area contributed by atoms with Gasteiger partial charge < -0.3 is 19.3 Å². The second kappa shape index (κ2) is 8.02. The van der Waals surface area contributed by atoms with Gasteiger partial charge in [0, 0.05) is 38.5 Å². The van der Waals surface area contributed by atoms with Gasteiger partial charge in [0.15, 0.2) is 11.5 Å². The first-order valence-corrected chi connectivity index (χ1v) is 10.4. The molecule has 6 heteroatoms. The van der Waals surface area contributed by atoms with Crippen molar-refractivity contribution in [1.82, 2.24) is 9.80 Å². The summed E-state index contributed by atoms with van der Waals surface area (Å²) >= 11 is 0. The van der Waals surface area contributed by atoms with E-state index in [0.717, 1.165) is 44.5 Å². The van der Waals surface area contributed by atoms with E-state index in [2.05, 4.69) is 9.80 Å². The average Bonchev–Trinajstić information content (AvgIpc) is 2.72. The highest BCUT2D eigenvalue weighted by atomic mass is 16.5. The first-order chi connectivity index (χ1) is 13.6. The minimum Gasteiger partial charge on any atom is -0.493 e. The number of carbonyl (C=O) groups is 2. The van der Waals surface area contributed by atoms with E-state index in [1.54, 1.807) is 14.2 Å². The van der Waals surface area contributed by atoms with Crippen molar-refractivity contribution in [3.05, 3.63) is 23.8 Å². The van der Waals surface area contributed by atoms with Gasteiger partial charge in [0.25, 0.3) is 0 Å². The number of ether oxygens (including phenoxy) is 2. The van der Waals surface area contributed by atoms with Gasteiger partial charge in [0.1, 0.15) is 0 Å². The smallest absolute Gasteiger partial charge is 0.222 e. The molecule has 6 nitrogen and oxygen atoms in total. The molecule has 3 unspecified atom stereocenters. The highest BCUT2D eigenvalue weighted by Gasteiger charge is 2.44. The van der Waals surface area contributed by atoms with Crippen LogP contribution >= 0.6 is 0 Å². The summed E-state index contributed by atoms with van der Waals surface area (Å²) in [5.74, 6) is 2.82. The number of methoxy groups -OCH3 is 2. The SMILES string of the molecule is COc1ccc(CCC(=O)N2CC3CC(C2)C2CCCC(=O)N2C3)cc1OC. The topological polar surface area (TPSA) is 59.1 Å². The lowest BCUT2D eigenvalue weighted by Crippen LogP contribution is -2.61.